The Bertz CT molecular complexity index is 526. The van der Waals surface area contributed by atoms with Crippen LogP contribution in [0.1, 0.15) is 18.5 Å². The molecule has 1 aromatic heterocycles. The Morgan fingerprint density at radius 3 is 2.50 bits per heavy atom. The summed E-state index contributed by atoms with van der Waals surface area (Å²) in [6.07, 6.45) is 4.31. The van der Waals surface area contributed by atoms with Crippen molar-refractivity contribution >= 4 is 33.2 Å². The van der Waals surface area contributed by atoms with Crippen LogP contribution in [0.3, 0.4) is 0 Å². The average molecular weight is 279 g/mol. The standard InChI is InChI=1S/C9H11ClN2O2S2/c1-15-8-11-6(5-7(10)12-8)9(3-4-9)16(2,13)14/h5H,3-4H2,1-2H3. The summed E-state index contributed by atoms with van der Waals surface area (Å²) in [7, 11) is -3.14. The van der Waals surface area contributed by atoms with E-state index in [0.717, 1.165) is 0 Å². The van der Waals surface area contributed by atoms with Gasteiger partial charge in [-0.15, -0.1) is 0 Å². The largest absolute Gasteiger partial charge is 0.228 e. The Morgan fingerprint density at radius 2 is 2.06 bits per heavy atom. The van der Waals surface area contributed by atoms with Gasteiger partial charge in [0.25, 0.3) is 0 Å². The molecule has 0 atom stereocenters. The third-order valence-electron chi connectivity index (χ3n) is 2.74. The minimum atomic E-state index is -3.14. The van der Waals surface area contributed by atoms with Gasteiger partial charge in [0.2, 0.25) is 0 Å². The minimum Gasteiger partial charge on any atom is -0.228 e. The van der Waals surface area contributed by atoms with Crippen molar-refractivity contribution in [3.05, 3.63) is 16.9 Å². The molecule has 0 aromatic carbocycles. The molecule has 1 aliphatic carbocycles. The molecule has 0 bridgehead atoms. The first-order valence-corrected chi connectivity index (χ1v) is 8.17. The van der Waals surface area contributed by atoms with Gasteiger partial charge in [-0.1, -0.05) is 23.4 Å². The molecule has 2 rings (SSSR count). The normalized spacial score (nSPS) is 18.4. The second-order valence-electron chi connectivity index (χ2n) is 3.83. The van der Waals surface area contributed by atoms with Gasteiger partial charge < -0.3 is 0 Å². The molecule has 4 nitrogen and oxygen atoms in total. The predicted octanol–water partition coefficient (Wildman–Crippen LogP) is 1.89. The Labute approximate surface area is 104 Å². The van der Waals surface area contributed by atoms with Gasteiger partial charge in [-0.25, -0.2) is 18.4 Å². The monoisotopic (exact) mass is 278 g/mol. The lowest BCUT2D eigenvalue weighted by Gasteiger charge is -2.13. The van der Waals surface area contributed by atoms with E-state index in [0.29, 0.717) is 28.8 Å². The van der Waals surface area contributed by atoms with Gasteiger partial charge in [-0.2, -0.15) is 0 Å². The van der Waals surface area contributed by atoms with Crippen LogP contribution in [-0.4, -0.2) is 30.9 Å². The summed E-state index contributed by atoms with van der Waals surface area (Å²) in [5.74, 6) is 0. The maximum absolute atomic E-state index is 11.7. The fourth-order valence-corrected chi connectivity index (χ4v) is 3.59. The molecule has 0 aliphatic heterocycles. The Balaban J connectivity index is 2.53. The zero-order valence-electron chi connectivity index (χ0n) is 8.90. The first-order valence-electron chi connectivity index (χ1n) is 4.68. The molecule has 1 aliphatic rings. The first-order chi connectivity index (χ1) is 7.39. The molecule has 0 unspecified atom stereocenters. The van der Waals surface area contributed by atoms with Gasteiger partial charge in [0.05, 0.1) is 5.69 Å². The molecule has 0 N–H and O–H groups in total. The number of hydrogen-bond donors (Lipinski definition) is 0. The molecule has 0 amide bonds. The van der Waals surface area contributed by atoms with E-state index in [4.69, 9.17) is 11.6 Å². The highest BCUT2D eigenvalue weighted by molar-refractivity contribution is 7.98. The van der Waals surface area contributed by atoms with E-state index in [9.17, 15) is 8.42 Å². The number of halogens is 1. The van der Waals surface area contributed by atoms with E-state index in [1.54, 1.807) is 6.07 Å². The van der Waals surface area contributed by atoms with E-state index in [1.807, 2.05) is 6.26 Å². The van der Waals surface area contributed by atoms with Gasteiger partial charge in [0, 0.05) is 6.26 Å². The number of rotatable bonds is 3. The van der Waals surface area contributed by atoms with Crippen molar-refractivity contribution in [2.75, 3.05) is 12.5 Å². The summed E-state index contributed by atoms with van der Waals surface area (Å²) in [5.41, 5.74) is 0.527. The summed E-state index contributed by atoms with van der Waals surface area (Å²) < 4.78 is 22.6. The number of sulfone groups is 1. The van der Waals surface area contributed by atoms with Crippen LogP contribution in [0.4, 0.5) is 0 Å². The highest BCUT2D eigenvalue weighted by Crippen LogP contribution is 2.52. The summed E-state index contributed by atoms with van der Waals surface area (Å²) >= 11 is 7.20. The number of aromatic nitrogens is 2. The van der Waals surface area contributed by atoms with Crippen molar-refractivity contribution in [1.82, 2.24) is 9.97 Å². The van der Waals surface area contributed by atoms with Crippen molar-refractivity contribution in [3.8, 4) is 0 Å². The molecular weight excluding hydrogens is 268 g/mol. The lowest BCUT2D eigenvalue weighted by atomic mass is 10.3. The third-order valence-corrected chi connectivity index (χ3v) is 5.52. The van der Waals surface area contributed by atoms with Crippen molar-refractivity contribution in [3.63, 3.8) is 0 Å². The smallest absolute Gasteiger partial charge is 0.188 e. The quantitative estimate of drug-likeness (QED) is 0.480. The highest BCUT2D eigenvalue weighted by atomic mass is 35.5. The molecule has 1 fully saturated rings. The maximum Gasteiger partial charge on any atom is 0.188 e. The van der Waals surface area contributed by atoms with Gasteiger partial charge >= 0.3 is 0 Å². The molecular formula is C9H11ClN2O2S2. The van der Waals surface area contributed by atoms with E-state index in [1.165, 1.54) is 18.0 Å². The van der Waals surface area contributed by atoms with Crippen LogP contribution in [0.2, 0.25) is 5.15 Å². The van der Waals surface area contributed by atoms with Gasteiger partial charge in [-0.05, 0) is 25.2 Å². The Hall–Kier alpha value is -0.330. The molecule has 0 radical (unpaired) electrons. The number of hydrogen-bond acceptors (Lipinski definition) is 5. The Morgan fingerprint density at radius 1 is 1.44 bits per heavy atom. The van der Waals surface area contributed by atoms with Crippen LogP contribution in [0.15, 0.2) is 11.2 Å². The van der Waals surface area contributed by atoms with Crippen LogP contribution in [0, 0.1) is 0 Å². The highest BCUT2D eigenvalue weighted by Gasteiger charge is 2.55. The van der Waals surface area contributed by atoms with Crippen molar-refractivity contribution < 1.29 is 8.42 Å². The van der Waals surface area contributed by atoms with Crippen LogP contribution >= 0.6 is 23.4 Å². The number of thioether (sulfide) groups is 1. The van der Waals surface area contributed by atoms with Gasteiger partial charge in [0.1, 0.15) is 9.90 Å². The SMILES string of the molecule is CSc1nc(Cl)cc(C2(S(C)(=O)=O)CC2)n1. The molecule has 0 saturated heterocycles. The van der Waals surface area contributed by atoms with Crippen molar-refractivity contribution in [2.45, 2.75) is 22.7 Å². The average Bonchev–Trinajstić information content (AvgIpc) is 2.96. The van der Waals surface area contributed by atoms with Gasteiger partial charge in [-0.3, -0.25) is 0 Å². The zero-order chi connectivity index (χ0) is 12.0. The van der Waals surface area contributed by atoms with Gasteiger partial charge in [0.15, 0.2) is 15.0 Å². The van der Waals surface area contributed by atoms with E-state index < -0.39 is 14.6 Å². The minimum absolute atomic E-state index is 0.296. The summed E-state index contributed by atoms with van der Waals surface area (Å²) in [4.78, 5) is 8.24. The predicted molar refractivity (Wildman–Crippen MR) is 64.6 cm³/mol. The topological polar surface area (TPSA) is 59.9 Å². The Kier molecular flexibility index (Phi) is 2.92. The maximum atomic E-state index is 11.7. The fraction of sp³-hybridized carbons (Fsp3) is 0.556. The summed E-state index contributed by atoms with van der Waals surface area (Å²) in [6.45, 7) is 0. The van der Waals surface area contributed by atoms with Crippen LogP contribution in [0.5, 0.6) is 0 Å². The second kappa shape index (κ2) is 3.85. The third kappa shape index (κ3) is 1.94. The first kappa shape index (κ1) is 12.1. The molecule has 7 heteroatoms. The summed E-state index contributed by atoms with van der Waals surface area (Å²) in [5, 5.41) is 0.807. The van der Waals surface area contributed by atoms with Crippen molar-refractivity contribution in [2.24, 2.45) is 0 Å². The molecule has 1 aromatic rings. The fourth-order valence-electron chi connectivity index (χ4n) is 1.65. The van der Waals surface area contributed by atoms with Crippen LogP contribution in [-0.2, 0) is 14.6 Å². The second-order valence-corrected chi connectivity index (χ2v) is 7.32. The van der Waals surface area contributed by atoms with E-state index >= 15 is 0 Å². The number of nitrogens with zero attached hydrogens (tertiary/aromatic N) is 2. The van der Waals surface area contributed by atoms with E-state index in [-0.39, 0.29) is 0 Å². The van der Waals surface area contributed by atoms with Crippen LogP contribution in [0.25, 0.3) is 0 Å². The lowest BCUT2D eigenvalue weighted by Crippen LogP contribution is -2.21. The van der Waals surface area contributed by atoms with E-state index in [2.05, 4.69) is 9.97 Å². The van der Waals surface area contributed by atoms with Crippen molar-refractivity contribution in [1.29, 1.82) is 0 Å². The van der Waals surface area contributed by atoms with Crippen LogP contribution < -0.4 is 0 Å². The molecule has 16 heavy (non-hydrogen) atoms. The summed E-state index contributed by atoms with van der Waals surface area (Å²) in [6, 6.07) is 1.55. The molecule has 88 valence electrons. The zero-order valence-corrected chi connectivity index (χ0v) is 11.3. The molecule has 1 saturated carbocycles. The lowest BCUT2D eigenvalue weighted by molar-refractivity contribution is 0.583. The molecule has 0 spiro atoms. The molecule has 1 heterocycles.